The van der Waals surface area contributed by atoms with Gasteiger partial charge in [-0.2, -0.15) is 0 Å². The minimum absolute atomic E-state index is 0.192. The number of methoxy groups -OCH3 is 1. The lowest BCUT2D eigenvalue weighted by Crippen LogP contribution is -2.48. The van der Waals surface area contributed by atoms with Crippen molar-refractivity contribution in [2.75, 3.05) is 45.2 Å². The summed E-state index contributed by atoms with van der Waals surface area (Å²) in [6.07, 6.45) is 6.91. The number of aliphatic imine (C=N–C) groups is 2. The number of amides is 1. The number of nitrogens with zero attached hydrogens (tertiary/aromatic N) is 5. The summed E-state index contributed by atoms with van der Waals surface area (Å²) in [6, 6.07) is 8.75. The molecule has 1 saturated heterocycles. The summed E-state index contributed by atoms with van der Waals surface area (Å²) in [5.41, 5.74) is 2.57. The third kappa shape index (κ3) is 9.59. The first-order valence-corrected chi connectivity index (χ1v) is 13.1. The molecule has 0 spiro atoms. The third-order valence-corrected chi connectivity index (χ3v) is 6.28. The molecule has 1 fully saturated rings. The summed E-state index contributed by atoms with van der Waals surface area (Å²) in [7, 11) is 3.37. The summed E-state index contributed by atoms with van der Waals surface area (Å²) >= 11 is 0. The molecule has 0 aliphatic carbocycles. The molecule has 0 N–H and O–H groups in total. The molecule has 7 nitrogen and oxygen atoms in total. The van der Waals surface area contributed by atoms with Crippen LogP contribution in [-0.4, -0.2) is 67.7 Å². The molecular formula is C29H42FN5O2. The molecule has 2 aromatic rings. The van der Waals surface area contributed by atoms with Crippen molar-refractivity contribution < 1.29 is 13.9 Å². The fraction of sp³-hybridized carbons (Fsp3) is 0.517. The van der Waals surface area contributed by atoms with E-state index in [-0.39, 0.29) is 11.7 Å². The SMILES string of the molecule is CCC(=O)N1CCN(c2cc(OC)ccn2)CC1.CCCCCC(C)=NC(=NC)c1ccc(F)c(C)c1. The number of carbonyl (C=O) groups is 1. The van der Waals surface area contributed by atoms with E-state index in [9.17, 15) is 9.18 Å². The van der Waals surface area contributed by atoms with Crippen LogP contribution in [0.5, 0.6) is 5.75 Å². The highest BCUT2D eigenvalue weighted by molar-refractivity contribution is 6.06. The second-order valence-corrected chi connectivity index (χ2v) is 9.09. The highest BCUT2D eigenvalue weighted by Crippen LogP contribution is 2.19. The number of ether oxygens (including phenoxy) is 1. The maximum Gasteiger partial charge on any atom is 0.222 e. The minimum atomic E-state index is -0.192. The number of aromatic nitrogens is 1. The second kappa shape index (κ2) is 15.7. The molecule has 1 aromatic carbocycles. The van der Waals surface area contributed by atoms with Crippen molar-refractivity contribution in [1.29, 1.82) is 0 Å². The lowest BCUT2D eigenvalue weighted by atomic mass is 10.1. The third-order valence-electron chi connectivity index (χ3n) is 6.28. The second-order valence-electron chi connectivity index (χ2n) is 9.09. The van der Waals surface area contributed by atoms with Crippen LogP contribution in [0.4, 0.5) is 10.2 Å². The number of pyridine rings is 1. The molecule has 202 valence electrons. The van der Waals surface area contributed by atoms with Crippen LogP contribution in [0.1, 0.15) is 64.0 Å². The molecule has 0 atom stereocenters. The molecule has 1 amide bonds. The lowest BCUT2D eigenvalue weighted by Gasteiger charge is -2.35. The van der Waals surface area contributed by atoms with Crippen molar-refractivity contribution in [3.05, 3.63) is 53.5 Å². The van der Waals surface area contributed by atoms with Crippen molar-refractivity contribution >= 4 is 23.3 Å². The van der Waals surface area contributed by atoms with E-state index < -0.39 is 0 Å². The number of benzene rings is 1. The molecule has 0 bridgehead atoms. The van der Waals surface area contributed by atoms with Gasteiger partial charge in [0.2, 0.25) is 5.91 Å². The first-order chi connectivity index (χ1) is 17.8. The van der Waals surface area contributed by atoms with Gasteiger partial charge in [-0.3, -0.25) is 9.79 Å². The van der Waals surface area contributed by atoms with Gasteiger partial charge in [0.15, 0.2) is 5.84 Å². The van der Waals surface area contributed by atoms with E-state index in [0.29, 0.717) is 17.8 Å². The number of anilines is 1. The molecule has 3 rings (SSSR count). The minimum Gasteiger partial charge on any atom is -0.497 e. The van der Waals surface area contributed by atoms with Gasteiger partial charge < -0.3 is 14.5 Å². The van der Waals surface area contributed by atoms with Gasteiger partial charge in [-0.1, -0.05) is 26.7 Å². The van der Waals surface area contributed by atoms with E-state index in [1.807, 2.05) is 30.9 Å². The first kappa shape index (κ1) is 29.9. The van der Waals surface area contributed by atoms with Crippen LogP contribution in [0.25, 0.3) is 0 Å². The summed E-state index contributed by atoms with van der Waals surface area (Å²) in [4.78, 5) is 28.8. The Kier molecular flexibility index (Phi) is 12.7. The average Bonchev–Trinajstić information content (AvgIpc) is 2.93. The number of halogens is 1. The first-order valence-electron chi connectivity index (χ1n) is 13.1. The Balaban J connectivity index is 0.000000260. The maximum absolute atomic E-state index is 13.3. The molecule has 0 radical (unpaired) electrons. The van der Waals surface area contributed by atoms with Crippen molar-refractivity contribution in [3.8, 4) is 5.75 Å². The van der Waals surface area contributed by atoms with Crippen molar-refractivity contribution in [2.45, 2.75) is 59.8 Å². The van der Waals surface area contributed by atoms with Crippen LogP contribution < -0.4 is 9.64 Å². The molecule has 37 heavy (non-hydrogen) atoms. The fourth-order valence-electron chi connectivity index (χ4n) is 4.00. The van der Waals surface area contributed by atoms with E-state index in [1.54, 1.807) is 39.4 Å². The van der Waals surface area contributed by atoms with Gasteiger partial charge in [-0.25, -0.2) is 14.4 Å². The molecule has 0 saturated carbocycles. The van der Waals surface area contributed by atoms with E-state index >= 15 is 0 Å². The van der Waals surface area contributed by atoms with Gasteiger partial charge in [0.05, 0.1) is 7.11 Å². The quantitative estimate of drug-likeness (QED) is 0.259. The molecule has 1 aliphatic heterocycles. The van der Waals surface area contributed by atoms with E-state index in [2.05, 4.69) is 26.8 Å². The largest absolute Gasteiger partial charge is 0.497 e. The smallest absolute Gasteiger partial charge is 0.222 e. The zero-order valence-electron chi connectivity index (χ0n) is 23.3. The number of rotatable bonds is 8. The Bertz CT molecular complexity index is 1060. The number of hydrogen-bond acceptors (Lipinski definition) is 5. The number of aryl methyl sites for hydroxylation is 1. The van der Waals surface area contributed by atoms with Gasteiger partial charge in [-0.05, 0) is 56.5 Å². The van der Waals surface area contributed by atoms with Crippen LogP contribution in [0, 0.1) is 12.7 Å². The fourth-order valence-corrected chi connectivity index (χ4v) is 4.00. The normalized spacial score (nSPS) is 14.2. The maximum atomic E-state index is 13.3. The van der Waals surface area contributed by atoms with Crippen molar-refractivity contribution in [3.63, 3.8) is 0 Å². The Hall–Kier alpha value is -3.29. The Morgan fingerprint density at radius 2 is 1.84 bits per heavy atom. The monoisotopic (exact) mass is 511 g/mol. The summed E-state index contributed by atoms with van der Waals surface area (Å²) < 4.78 is 18.4. The van der Waals surface area contributed by atoms with Gasteiger partial charge in [0, 0.05) is 63.2 Å². The number of carbonyl (C=O) groups excluding carboxylic acids is 1. The van der Waals surface area contributed by atoms with E-state index in [1.165, 1.54) is 18.9 Å². The molecule has 1 aromatic heterocycles. The highest BCUT2D eigenvalue weighted by Gasteiger charge is 2.20. The summed E-state index contributed by atoms with van der Waals surface area (Å²) in [5.74, 6) is 2.44. The Labute approximate surface area is 221 Å². The number of unbranched alkanes of at least 4 members (excludes halogenated alkanes) is 2. The van der Waals surface area contributed by atoms with Crippen LogP contribution in [0.15, 0.2) is 46.5 Å². The molecule has 8 heteroatoms. The van der Waals surface area contributed by atoms with Crippen LogP contribution in [0.3, 0.4) is 0 Å². The molecule has 1 aliphatic rings. The Morgan fingerprint density at radius 3 is 2.43 bits per heavy atom. The standard InChI is InChI=1S/C16H23FN2.C13H19N3O2/c1-5-6-7-8-13(3)19-16(18-4)14-9-10-15(17)12(2)11-14;1-3-13(17)16-8-6-15(7-9-16)12-10-11(18-2)4-5-14-12/h9-11H,5-8H2,1-4H3;4-5,10H,3,6-9H2,1-2H3. The zero-order chi connectivity index (χ0) is 27.2. The Morgan fingerprint density at radius 1 is 1.11 bits per heavy atom. The van der Waals surface area contributed by atoms with Gasteiger partial charge in [0.25, 0.3) is 0 Å². The molecule has 2 heterocycles. The van der Waals surface area contributed by atoms with Gasteiger partial charge >= 0.3 is 0 Å². The van der Waals surface area contributed by atoms with Crippen molar-refractivity contribution in [1.82, 2.24) is 9.88 Å². The average molecular weight is 512 g/mol. The lowest BCUT2D eigenvalue weighted by molar-refractivity contribution is -0.131. The van der Waals surface area contributed by atoms with Crippen molar-refractivity contribution in [2.24, 2.45) is 9.98 Å². The van der Waals surface area contributed by atoms with Gasteiger partial charge in [-0.15, -0.1) is 0 Å². The zero-order valence-corrected chi connectivity index (χ0v) is 23.3. The predicted octanol–water partition coefficient (Wildman–Crippen LogP) is 5.70. The predicted molar refractivity (Wildman–Crippen MR) is 151 cm³/mol. The summed E-state index contributed by atoms with van der Waals surface area (Å²) in [6.45, 7) is 11.1. The highest BCUT2D eigenvalue weighted by atomic mass is 19.1. The van der Waals surface area contributed by atoms with Gasteiger partial charge in [0.1, 0.15) is 17.4 Å². The van der Waals surface area contributed by atoms with Crippen LogP contribution in [0.2, 0.25) is 0 Å². The van der Waals surface area contributed by atoms with E-state index in [4.69, 9.17) is 4.74 Å². The summed E-state index contributed by atoms with van der Waals surface area (Å²) in [5, 5.41) is 0. The topological polar surface area (TPSA) is 70.4 Å². The molecular weight excluding hydrogens is 469 g/mol. The van der Waals surface area contributed by atoms with Crippen LogP contribution in [-0.2, 0) is 4.79 Å². The number of hydrogen-bond donors (Lipinski definition) is 0. The van der Waals surface area contributed by atoms with Crippen LogP contribution >= 0.6 is 0 Å². The number of amidine groups is 1. The molecule has 0 unspecified atom stereocenters. The number of piperazine rings is 1. The van der Waals surface area contributed by atoms with E-state index in [0.717, 1.165) is 61.9 Å².